The van der Waals surface area contributed by atoms with Crippen LogP contribution in [-0.4, -0.2) is 104 Å². The topological polar surface area (TPSA) is 209 Å². The van der Waals surface area contributed by atoms with Crippen LogP contribution in [0.4, 0.5) is 15.3 Å². The third kappa shape index (κ3) is 7.06. The van der Waals surface area contributed by atoms with Gasteiger partial charge in [-0.1, -0.05) is 45.9 Å². The van der Waals surface area contributed by atoms with Crippen LogP contribution in [0.2, 0.25) is 0 Å². The average Bonchev–Trinajstić information content (AvgIpc) is 3.96. The molecule has 2 saturated heterocycles. The summed E-state index contributed by atoms with van der Waals surface area (Å²) in [6.07, 6.45) is 5.48. The Labute approximate surface area is 364 Å². The van der Waals surface area contributed by atoms with Crippen LogP contribution < -0.4 is 16.0 Å². The summed E-state index contributed by atoms with van der Waals surface area (Å²) >= 11 is 0. The van der Waals surface area contributed by atoms with E-state index in [4.69, 9.17) is 19.4 Å². The van der Waals surface area contributed by atoms with E-state index >= 15 is 0 Å². The van der Waals surface area contributed by atoms with E-state index in [1.54, 1.807) is 11.1 Å². The van der Waals surface area contributed by atoms with Crippen molar-refractivity contribution >= 4 is 46.5 Å². The normalized spacial score (nSPS) is 22.2. The number of nitrogens with one attached hydrogen (secondary N) is 5. The standard InChI is InChI=1S/C46H54N10O7/c1-23(2)37(52-44(60)62-6)41(58)54-15-8-9-35(54)39-47-21-32(49-39)27-10-12-30-31(18-27)50-40(57)25(5)56-34-13-11-26(17-28(34)19-36(30)56)33-22-48-43(51-33)46-20-29(46)14-16-55(46)42(59)38(24(3)4)53-45(61)63-7/h10-13,17-19,21-25,29,35,37-38H,8-9,14-16,20H2,1-7H3,(H,47,49)(H,48,51)(H,50,57)(H,52,60)(H,53,61)/t25?,29-,35-,37-,38-,46+/m0/s1. The van der Waals surface area contributed by atoms with E-state index in [1.165, 1.54) is 14.2 Å². The van der Waals surface area contributed by atoms with Crippen molar-refractivity contribution in [3.8, 4) is 33.8 Å². The number of methoxy groups -OCH3 is 2. The molecule has 9 rings (SSSR count). The molecule has 1 aliphatic carbocycles. The number of H-pyrrole nitrogens is 2. The van der Waals surface area contributed by atoms with Gasteiger partial charge in [-0.05, 0) is 74.6 Å². The number of aromatic nitrogens is 5. The molecule has 0 spiro atoms. The van der Waals surface area contributed by atoms with E-state index in [0.29, 0.717) is 24.6 Å². The van der Waals surface area contributed by atoms with Crippen LogP contribution in [0.15, 0.2) is 54.9 Å². The van der Waals surface area contributed by atoms with Gasteiger partial charge in [0.2, 0.25) is 17.7 Å². The fraction of sp³-hybridized carbons (Fsp3) is 0.457. The second-order valence-electron chi connectivity index (χ2n) is 17.9. The Kier molecular flexibility index (Phi) is 10.5. The van der Waals surface area contributed by atoms with Crippen molar-refractivity contribution in [1.82, 2.24) is 44.9 Å². The van der Waals surface area contributed by atoms with Gasteiger partial charge in [0.05, 0.1) is 55.4 Å². The molecule has 1 unspecified atom stereocenters. The maximum atomic E-state index is 13.9. The number of piperidine rings is 1. The number of fused-ring (bicyclic) bond motifs is 6. The number of aromatic amines is 2. The number of ether oxygens (including phenoxy) is 2. The van der Waals surface area contributed by atoms with Crippen molar-refractivity contribution in [1.29, 1.82) is 0 Å². The first kappa shape index (κ1) is 41.7. The van der Waals surface area contributed by atoms with Gasteiger partial charge < -0.3 is 49.8 Å². The molecule has 1 saturated carbocycles. The fourth-order valence-electron chi connectivity index (χ4n) is 10.0. The molecule has 6 heterocycles. The molecule has 5 N–H and O–H groups in total. The van der Waals surface area contributed by atoms with Crippen molar-refractivity contribution in [3.63, 3.8) is 0 Å². The Morgan fingerprint density at radius 2 is 1.49 bits per heavy atom. The fourth-order valence-corrected chi connectivity index (χ4v) is 10.0. The van der Waals surface area contributed by atoms with Gasteiger partial charge in [0.1, 0.15) is 35.3 Å². The van der Waals surface area contributed by atoms with Crippen LogP contribution in [0, 0.1) is 17.8 Å². The second-order valence-corrected chi connectivity index (χ2v) is 17.9. The zero-order valence-electron chi connectivity index (χ0n) is 36.6. The predicted octanol–water partition coefficient (Wildman–Crippen LogP) is 6.47. The number of nitrogens with zero attached hydrogens (tertiary/aromatic N) is 5. The molecule has 3 aromatic heterocycles. The van der Waals surface area contributed by atoms with Gasteiger partial charge in [0, 0.05) is 40.7 Å². The molecule has 2 aromatic carbocycles. The number of rotatable bonds is 10. The Bertz CT molecular complexity index is 2640. The van der Waals surface area contributed by atoms with Gasteiger partial charge in [-0.25, -0.2) is 19.6 Å². The lowest BCUT2D eigenvalue weighted by atomic mass is 10.0. The highest BCUT2D eigenvalue weighted by Crippen LogP contribution is 2.62. The van der Waals surface area contributed by atoms with E-state index in [1.807, 2.05) is 76.0 Å². The number of hydrogen-bond acceptors (Lipinski definition) is 9. The summed E-state index contributed by atoms with van der Waals surface area (Å²) in [5.41, 5.74) is 6.11. The lowest BCUT2D eigenvalue weighted by Crippen LogP contribution is -2.53. The van der Waals surface area contributed by atoms with E-state index in [-0.39, 0.29) is 41.5 Å². The number of amides is 5. The number of likely N-dealkylation sites (tertiary alicyclic amines) is 2. The van der Waals surface area contributed by atoms with Gasteiger partial charge in [0.25, 0.3) is 0 Å². The minimum Gasteiger partial charge on any atom is -0.453 e. The average molecular weight is 859 g/mol. The summed E-state index contributed by atoms with van der Waals surface area (Å²) in [4.78, 5) is 85.8. The Morgan fingerprint density at radius 3 is 2.19 bits per heavy atom. The van der Waals surface area contributed by atoms with Gasteiger partial charge in [0.15, 0.2) is 0 Å². The molecule has 3 fully saturated rings. The zero-order valence-corrected chi connectivity index (χ0v) is 36.6. The molecule has 5 aromatic rings. The maximum absolute atomic E-state index is 13.9. The summed E-state index contributed by atoms with van der Waals surface area (Å²) in [7, 11) is 2.57. The first-order valence-electron chi connectivity index (χ1n) is 21.8. The summed E-state index contributed by atoms with van der Waals surface area (Å²) in [6, 6.07) is 12.0. The van der Waals surface area contributed by atoms with E-state index in [2.05, 4.69) is 42.6 Å². The molecular weight excluding hydrogens is 805 g/mol. The second kappa shape index (κ2) is 15.9. The zero-order chi connectivity index (χ0) is 44.5. The van der Waals surface area contributed by atoms with E-state index < -0.39 is 35.9 Å². The Morgan fingerprint density at radius 1 is 0.825 bits per heavy atom. The monoisotopic (exact) mass is 858 g/mol. The summed E-state index contributed by atoms with van der Waals surface area (Å²) < 4.78 is 11.7. The van der Waals surface area contributed by atoms with Crippen molar-refractivity contribution < 1.29 is 33.4 Å². The van der Waals surface area contributed by atoms with Gasteiger partial charge in [-0.15, -0.1) is 0 Å². The summed E-state index contributed by atoms with van der Waals surface area (Å²) in [5, 5.41) is 9.54. The van der Waals surface area contributed by atoms with Crippen molar-refractivity contribution in [3.05, 3.63) is 66.5 Å². The highest BCUT2D eigenvalue weighted by molar-refractivity contribution is 6.04. The highest BCUT2D eigenvalue weighted by atomic mass is 16.5. The van der Waals surface area contributed by atoms with Crippen molar-refractivity contribution in [2.24, 2.45) is 17.8 Å². The quantitative estimate of drug-likeness (QED) is 0.104. The van der Waals surface area contributed by atoms with Crippen LogP contribution in [0.3, 0.4) is 0 Å². The van der Waals surface area contributed by atoms with Crippen LogP contribution in [-0.2, 0) is 29.4 Å². The largest absolute Gasteiger partial charge is 0.453 e. The molecule has 6 atom stereocenters. The highest BCUT2D eigenvalue weighted by Gasteiger charge is 2.67. The number of imidazole rings is 2. The number of carbonyl (C=O) groups excluding carboxylic acids is 5. The molecule has 0 radical (unpaired) electrons. The molecule has 0 bridgehead atoms. The van der Waals surface area contributed by atoms with Crippen LogP contribution in [0.1, 0.15) is 84.0 Å². The predicted molar refractivity (Wildman–Crippen MR) is 234 cm³/mol. The van der Waals surface area contributed by atoms with Gasteiger partial charge in [-0.2, -0.15) is 0 Å². The van der Waals surface area contributed by atoms with Gasteiger partial charge in [-0.3, -0.25) is 14.4 Å². The lowest BCUT2D eigenvalue weighted by Gasteiger charge is -2.32. The first-order chi connectivity index (χ1) is 30.2. The molecular formula is C46H54N10O7. The third-order valence-electron chi connectivity index (χ3n) is 13.5. The Hall–Kier alpha value is -6.65. The van der Waals surface area contributed by atoms with Crippen molar-refractivity contribution in [2.75, 3.05) is 32.6 Å². The summed E-state index contributed by atoms with van der Waals surface area (Å²) in [5.74, 6) is 0.942. The molecule has 63 heavy (non-hydrogen) atoms. The minimum atomic E-state index is -0.733. The molecule has 4 aliphatic rings. The van der Waals surface area contributed by atoms with E-state index in [9.17, 15) is 24.0 Å². The van der Waals surface area contributed by atoms with Crippen molar-refractivity contribution in [2.45, 2.75) is 90.0 Å². The maximum Gasteiger partial charge on any atom is 0.407 e. The number of benzene rings is 2. The third-order valence-corrected chi connectivity index (χ3v) is 13.5. The first-order valence-corrected chi connectivity index (χ1v) is 21.8. The number of alkyl carbamates (subject to hydrolysis) is 2. The molecule has 330 valence electrons. The van der Waals surface area contributed by atoms with Crippen LogP contribution in [0.25, 0.3) is 44.7 Å². The van der Waals surface area contributed by atoms with E-state index in [0.717, 1.165) is 76.2 Å². The smallest absolute Gasteiger partial charge is 0.407 e. The summed E-state index contributed by atoms with van der Waals surface area (Å²) in [6.45, 7) is 10.6. The molecule has 17 nitrogen and oxygen atoms in total. The lowest BCUT2D eigenvalue weighted by molar-refractivity contribution is -0.137. The molecule has 17 heteroatoms. The van der Waals surface area contributed by atoms with Gasteiger partial charge >= 0.3 is 12.2 Å². The number of carbonyl (C=O) groups is 5. The molecule has 3 aliphatic heterocycles. The minimum absolute atomic E-state index is 0.133. The SMILES string of the molecule is COC(=O)N[C@H](C(=O)N1CCC[C@H]1c1ncc(-c2ccc3c(c2)NC(=O)C(C)n2c-3cc3cc(-c4cnc([C@@]56C[C@@H]5CCN6C(=O)[C@@H](NC(=O)OC)C(C)C)[nH]4)ccc32)[nH]1)C(C)C. The Balaban J connectivity index is 0.977. The van der Waals surface area contributed by atoms with Crippen LogP contribution >= 0.6 is 0 Å². The van der Waals surface area contributed by atoms with Crippen LogP contribution in [0.5, 0.6) is 0 Å². The molecule has 5 amide bonds. The number of anilines is 1. The number of hydrogen-bond donors (Lipinski definition) is 5.